The Morgan fingerprint density at radius 1 is 1.29 bits per heavy atom. The molecule has 0 saturated carbocycles. The van der Waals surface area contributed by atoms with Gasteiger partial charge in [0.25, 0.3) is 0 Å². The minimum Gasteiger partial charge on any atom is -0.496 e. The Labute approximate surface area is 112 Å². The summed E-state index contributed by atoms with van der Waals surface area (Å²) in [5.74, 6) is 1.42. The van der Waals surface area contributed by atoms with E-state index in [4.69, 9.17) is 16.3 Å². The Hall–Kier alpha value is -1.33. The molecule has 4 nitrogen and oxygen atoms in total. The van der Waals surface area contributed by atoms with Crippen molar-refractivity contribution in [3.63, 3.8) is 0 Å². The van der Waals surface area contributed by atoms with Crippen LogP contribution in [-0.4, -0.2) is 17.1 Å². The van der Waals surface area contributed by atoms with E-state index >= 15 is 0 Å². The highest BCUT2D eigenvalue weighted by molar-refractivity contribution is 9.10. The van der Waals surface area contributed by atoms with Crippen molar-refractivity contribution in [2.45, 2.75) is 0 Å². The molecule has 0 atom stereocenters. The number of nitrogens with one attached hydrogen (secondary N) is 1. The average molecular weight is 315 g/mol. The molecule has 0 bridgehead atoms. The molecule has 0 radical (unpaired) electrons. The van der Waals surface area contributed by atoms with Gasteiger partial charge in [-0.1, -0.05) is 11.6 Å². The summed E-state index contributed by atoms with van der Waals surface area (Å²) in [6, 6.07) is 7.29. The molecule has 88 valence electrons. The van der Waals surface area contributed by atoms with Gasteiger partial charge >= 0.3 is 0 Å². The standard InChI is InChI=1S/C11H9BrClN3O/c1-17-9-3-2-7(4-8(9)12)16-11-5-10(13)14-6-15-11/h2-6H,1H3,(H,14,15,16). The molecule has 1 aromatic heterocycles. The second-order valence-electron chi connectivity index (χ2n) is 3.20. The quantitative estimate of drug-likeness (QED) is 0.879. The highest BCUT2D eigenvalue weighted by Gasteiger charge is 2.02. The lowest BCUT2D eigenvalue weighted by molar-refractivity contribution is 0.412. The smallest absolute Gasteiger partial charge is 0.135 e. The number of methoxy groups -OCH3 is 1. The maximum atomic E-state index is 5.77. The van der Waals surface area contributed by atoms with Gasteiger partial charge < -0.3 is 10.1 Å². The van der Waals surface area contributed by atoms with E-state index in [1.165, 1.54) is 6.33 Å². The third-order valence-electron chi connectivity index (χ3n) is 2.06. The molecule has 1 aromatic carbocycles. The first kappa shape index (κ1) is 12.1. The zero-order chi connectivity index (χ0) is 12.3. The molecular formula is C11H9BrClN3O. The Morgan fingerprint density at radius 2 is 2.12 bits per heavy atom. The van der Waals surface area contributed by atoms with Crippen molar-refractivity contribution in [2.75, 3.05) is 12.4 Å². The lowest BCUT2D eigenvalue weighted by Crippen LogP contribution is -1.94. The van der Waals surface area contributed by atoms with Crippen molar-refractivity contribution < 1.29 is 4.74 Å². The normalized spacial score (nSPS) is 10.1. The maximum absolute atomic E-state index is 5.77. The summed E-state index contributed by atoms with van der Waals surface area (Å²) in [5, 5.41) is 3.51. The average Bonchev–Trinajstić information content (AvgIpc) is 2.29. The summed E-state index contributed by atoms with van der Waals surface area (Å²) < 4.78 is 6.01. The largest absolute Gasteiger partial charge is 0.496 e. The first-order chi connectivity index (χ1) is 8.19. The number of nitrogens with zero attached hydrogens (tertiary/aromatic N) is 2. The molecule has 17 heavy (non-hydrogen) atoms. The fourth-order valence-electron chi connectivity index (χ4n) is 1.29. The molecule has 6 heteroatoms. The monoisotopic (exact) mass is 313 g/mol. The first-order valence-electron chi connectivity index (χ1n) is 4.77. The van der Waals surface area contributed by atoms with Gasteiger partial charge in [-0.3, -0.25) is 0 Å². The molecule has 2 aromatic rings. The van der Waals surface area contributed by atoms with Gasteiger partial charge in [-0.15, -0.1) is 0 Å². The Balaban J connectivity index is 2.22. The second kappa shape index (κ2) is 5.33. The molecule has 0 saturated heterocycles. The van der Waals surface area contributed by atoms with Crippen molar-refractivity contribution in [1.29, 1.82) is 0 Å². The molecule has 0 amide bonds. The number of benzene rings is 1. The number of anilines is 2. The number of aromatic nitrogens is 2. The van der Waals surface area contributed by atoms with Crippen LogP contribution in [0.1, 0.15) is 0 Å². The van der Waals surface area contributed by atoms with Crippen LogP contribution in [0, 0.1) is 0 Å². The topological polar surface area (TPSA) is 47.0 Å². The van der Waals surface area contributed by atoms with E-state index in [0.717, 1.165) is 15.9 Å². The van der Waals surface area contributed by atoms with Crippen molar-refractivity contribution in [2.24, 2.45) is 0 Å². The van der Waals surface area contributed by atoms with Crippen molar-refractivity contribution in [3.8, 4) is 5.75 Å². The Morgan fingerprint density at radius 3 is 2.76 bits per heavy atom. The summed E-state index contributed by atoms with van der Waals surface area (Å²) in [4.78, 5) is 7.87. The van der Waals surface area contributed by atoms with E-state index in [2.05, 4.69) is 31.2 Å². The lowest BCUT2D eigenvalue weighted by Gasteiger charge is -2.08. The first-order valence-corrected chi connectivity index (χ1v) is 5.94. The summed E-state index contributed by atoms with van der Waals surface area (Å²) in [7, 11) is 1.62. The van der Waals surface area contributed by atoms with Crippen LogP contribution in [0.25, 0.3) is 0 Å². The van der Waals surface area contributed by atoms with Gasteiger partial charge in [-0.25, -0.2) is 9.97 Å². The molecule has 0 fully saturated rings. The number of rotatable bonds is 3. The van der Waals surface area contributed by atoms with Crippen LogP contribution in [0.4, 0.5) is 11.5 Å². The fraction of sp³-hybridized carbons (Fsp3) is 0.0909. The number of hydrogen-bond donors (Lipinski definition) is 1. The molecular weight excluding hydrogens is 305 g/mol. The fourth-order valence-corrected chi connectivity index (χ4v) is 1.98. The number of hydrogen-bond acceptors (Lipinski definition) is 4. The maximum Gasteiger partial charge on any atom is 0.135 e. The molecule has 2 rings (SSSR count). The highest BCUT2D eigenvalue weighted by atomic mass is 79.9. The zero-order valence-corrected chi connectivity index (χ0v) is 11.3. The van der Waals surface area contributed by atoms with E-state index in [0.29, 0.717) is 11.0 Å². The van der Waals surface area contributed by atoms with Crippen LogP contribution in [0.3, 0.4) is 0 Å². The minimum atomic E-state index is 0.398. The number of halogens is 2. The Kier molecular flexibility index (Phi) is 3.81. The van der Waals surface area contributed by atoms with Gasteiger partial charge in [0.15, 0.2) is 0 Å². The highest BCUT2D eigenvalue weighted by Crippen LogP contribution is 2.28. The molecule has 1 N–H and O–H groups in total. The predicted molar refractivity (Wildman–Crippen MR) is 71.0 cm³/mol. The van der Waals surface area contributed by atoms with Crippen LogP contribution < -0.4 is 10.1 Å². The van der Waals surface area contributed by atoms with Gasteiger partial charge in [-0.2, -0.15) is 0 Å². The van der Waals surface area contributed by atoms with Crippen LogP contribution in [0.2, 0.25) is 5.15 Å². The van der Waals surface area contributed by atoms with E-state index in [-0.39, 0.29) is 0 Å². The third-order valence-corrected chi connectivity index (χ3v) is 2.88. The van der Waals surface area contributed by atoms with Gasteiger partial charge in [0.1, 0.15) is 23.0 Å². The lowest BCUT2D eigenvalue weighted by atomic mass is 10.3. The molecule has 0 aliphatic carbocycles. The molecule has 0 spiro atoms. The van der Waals surface area contributed by atoms with Gasteiger partial charge in [0.05, 0.1) is 11.6 Å². The zero-order valence-electron chi connectivity index (χ0n) is 8.95. The summed E-state index contributed by atoms with van der Waals surface area (Å²) in [6.45, 7) is 0. The van der Waals surface area contributed by atoms with Crippen LogP contribution in [0.5, 0.6) is 5.75 Å². The van der Waals surface area contributed by atoms with Crippen LogP contribution in [0.15, 0.2) is 35.1 Å². The van der Waals surface area contributed by atoms with Crippen molar-refractivity contribution in [3.05, 3.63) is 40.2 Å². The third kappa shape index (κ3) is 3.08. The van der Waals surface area contributed by atoms with E-state index < -0.39 is 0 Å². The molecule has 0 aliphatic heterocycles. The van der Waals surface area contributed by atoms with E-state index in [9.17, 15) is 0 Å². The SMILES string of the molecule is COc1ccc(Nc2cc(Cl)ncn2)cc1Br. The summed E-state index contributed by atoms with van der Waals surface area (Å²) in [6.07, 6.45) is 1.41. The summed E-state index contributed by atoms with van der Waals surface area (Å²) >= 11 is 9.18. The minimum absolute atomic E-state index is 0.398. The molecule has 1 heterocycles. The second-order valence-corrected chi connectivity index (χ2v) is 4.44. The van der Waals surface area contributed by atoms with E-state index in [1.54, 1.807) is 13.2 Å². The molecule has 0 unspecified atom stereocenters. The van der Waals surface area contributed by atoms with Crippen LogP contribution in [-0.2, 0) is 0 Å². The van der Waals surface area contributed by atoms with Gasteiger partial charge in [0, 0.05) is 11.8 Å². The Bertz CT molecular complexity index is 536. The van der Waals surface area contributed by atoms with Crippen molar-refractivity contribution in [1.82, 2.24) is 9.97 Å². The van der Waals surface area contributed by atoms with Crippen LogP contribution >= 0.6 is 27.5 Å². The number of ether oxygens (including phenoxy) is 1. The van der Waals surface area contributed by atoms with E-state index in [1.807, 2.05) is 18.2 Å². The summed E-state index contributed by atoms with van der Waals surface area (Å²) in [5.41, 5.74) is 0.882. The van der Waals surface area contributed by atoms with Crippen molar-refractivity contribution >= 4 is 39.0 Å². The van der Waals surface area contributed by atoms with Gasteiger partial charge in [-0.05, 0) is 34.1 Å². The molecule has 0 aliphatic rings. The predicted octanol–water partition coefficient (Wildman–Crippen LogP) is 3.64. The van der Waals surface area contributed by atoms with Gasteiger partial charge in [0.2, 0.25) is 0 Å².